The molecule has 0 saturated carbocycles. The molecule has 1 amide bonds. The Morgan fingerprint density at radius 2 is 2.20 bits per heavy atom. The maximum Gasteiger partial charge on any atom is 0.236 e. The van der Waals surface area contributed by atoms with Crippen molar-refractivity contribution < 1.29 is 4.79 Å². The number of nitrogens with one attached hydrogen (secondary N) is 1. The van der Waals surface area contributed by atoms with Gasteiger partial charge in [0.1, 0.15) is 0 Å². The summed E-state index contributed by atoms with van der Waals surface area (Å²) in [4.78, 5) is 28.1. The van der Waals surface area contributed by atoms with Gasteiger partial charge in [0, 0.05) is 23.8 Å². The summed E-state index contributed by atoms with van der Waals surface area (Å²) in [7, 11) is 0. The van der Waals surface area contributed by atoms with E-state index in [1.54, 1.807) is 23.7 Å². The molecule has 2 aromatic heterocycles. The molecule has 138 valence electrons. The van der Waals surface area contributed by atoms with E-state index in [0.717, 1.165) is 41.5 Å². The molecule has 0 aliphatic carbocycles. The van der Waals surface area contributed by atoms with E-state index in [9.17, 15) is 4.79 Å². The van der Waals surface area contributed by atoms with E-state index in [1.165, 1.54) is 0 Å². The number of piperidine rings is 1. The summed E-state index contributed by atoms with van der Waals surface area (Å²) in [5, 5.41) is 3.88. The van der Waals surface area contributed by atoms with Gasteiger partial charge in [-0.05, 0) is 32.3 Å². The van der Waals surface area contributed by atoms with Crippen molar-refractivity contribution in [3.8, 4) is 0 Å². The molecule has 3 N–H and O–H groups in total. The van der Waals surface area contributed by atoms with Crippen molar-refractivity contribution in [2.24, 2.45) is 5.73 Å². The van der Waals surface area contributed by atoms with Crippen molar-refractivity contribution in [1.29, 1.82) is 0 Å². The Hall–Kier alpha value is -1.48. The van der Waals surface area contributed by atoms with Gasteiger partial charge in [-0.25, -0.2) is 15.0 Å². The van der Waals surface area contributed by atoms with Crippen LogP contribution in [0.2, 0.25) is 0 Å². The van der Waals surface area contributed by atoms with Crippen molar-refractivity contribution in [1.82, 2.24) is 19.9 Å². The number of halogens is 2. The highest BCUT2D eigenvalue weighted by Gasteiger charge is 2.28. The molecule has 0 aromatic carbocycles. The maximum absolute atomic E-state index is 12.1. The normalized spacial score (nSPS) is 16.6. The van der Waals surface area contributed by atoms with Crippen LogP contribution in [0.15, 0.2) is 18.5 Å². The summed E-state index contributed by atoms with van der Waals surface area (Å²) < 4.78 is 0. The summed E-state index contributed by atoms with van der Waals surface area (Å²) in [6, 6.07) is 1.84. The van der Waals surface area contributed by atoms with E-state index in [1.807, 2.05) is 17.9 Å². The zero-order valence-corrected chi connectivity index (χ0v) is 16.3. The minimum Gasteiger partial charge on any atom is -0.333 e. The Labute approximate surface area is 163 Å². The van der Waals surface area contributed by atoms with Gasteiger partial charge in [-0.1, -0.05) is 0 Å². The molecule has 25 heavy (non-hydrogen) atoms. The minimum absolute atomic E-state index is 0. The van der Waals surface area contributed by atoms with Crippen LogP contribution in [-0.4, -0.2) is 38.8 Å². The number of anilines is 2. The number of nitrogens with zero attached hydrogens (tertiary/aromatic N) is 4. The van der Waals surface area contributed by atoms with Gasteiger partial charge < -0.3 is 16.0 Å². The zero-order chi connectivity index (χ0) is 16.2. The molecule has 1 aliphatic heterocycles. The smallest absolute Gasteiger partial charge is 0.236 e. The molecule has 0 spiro atoms. The van der Waals surface area contributed by atoms with Gasteiger partial charge in [0.2, 0.25) is 11.9 Å². The number of likely N-dealkylation sites (tertiary alicyclic amines) is 1. The highest BCUT2D eigenvalue weighted by molar-refractivity contribution is 7.15. The van der Waals surface area contributed by atoms with Crippen LogP contribution in [0.3, 0.4) is 0 Å². The van der Waals surface area contributed by atoms with E-state index < -0.39 is 0 Å². The van der Waals surface area contributed by atoms with Gasteiger partial charge in [0.05, 0.1) is 18.3 Å². The standard InChI is InChI=1S/C15H20N6OS.2ClH/c1-10-9-18-15(23-10)20-14-17-6-5-11(19-14)12-4-2-3-7-21(12)13(22)8-16;;/h5-6,9,12H,2-4,7-8,16H2,1H3,(H,17,18,19,20);2*1H. The van der Waals surface area contributed by atoms with E-state index in [-0.39, 0.29) is 43.3 Å². The summed E-state index contributed by atoms with van der Waals surface area (Å²) in [6.45, 7) is 2.77. The number of carbonyl (C=O) groups is 1. The second kappa shape index (κ2) is 9.86. The van der Waals surface area contributed by atoms with Crippen molar-refractivity contribution in [3.63, 3.8) is 0 Å². The molecule has 10 heteroatoms. The van der Waals surface area contributed by atoms with Crippen LogP contribution in [0.4, 0.5) is 11.1 Å². The molecule has 0 radical (unpaired) electrons. The van der Waals surface area contributed by atoms with Gasteiger partial charge in [-0.2, -0.15) is 0 Å². The fourth-order valence-electron chi connectivity index (χ4n) is 2.78. The fraction of sp³-hybridized carbons (Fsp3) is 0.467. The van der Waals surface area contributed by atoms with E-state index >= 15 is 0 Å². The first kappa shape index (κ1) is 21.6. The Kier molecular flexibility index (Phi) is 8.51. The third kappa shape index (κ3) is 5.24. The summed E-state index contributed by atoms with van der Waals surface area (Å²) in [5.41, 5.74) is 6.38. The number of hydrogen-bond donors (Lipinski definition) is 2. The van der Waals surface area contributed by atoms with Crippen LogP contribution in [0.5, 0.6) is 0 Å². The number of nitrogens with two attached hydrogens (primary N) is 1. The molecule has 3 rings (SSSR count). The molecular weight excluding hydrogens is 383 g/mol. The quantitative estimate of drug-likeness (QED) is 0.812. The lowest BCUT2D eigenvalue weighted by Gasteiger charge is -2.35. The molecule has 3 heterocycles. The first-order chi connectivity index (χ1) is 11.2. The average molecular weight is 405 g/mol. The highest BCUT2D eigenvalue weighted by Crippen LogP contribution is 2.30. The number of hydrogen-bond acceptors (Lipinski definition) is 7. The maximum atomic E-state index is 12.1. The topological polar surface area (TPSA) is 97.0 Å². The van der Waals surface area contributed by atoms with Crippen molar-refractivity contribution >= 4 is 53.1 Å². The van der Waals surface area contributed by atoms with Crippen molar-refractivity contribution in [2.45, 2.75) is 32.2 Å². The van der Waals surface area contributed by atoms with Crippen molar-refractivity contribution in [3.05, 3.63) is 29.0 Å². The third-order valence-corrected chi connectivity index (χ3v) is 4.68. The Balaban J connectivity index is 0.00000156. The number of aromatic nitrogens is 3. The molecule has 2 aromatic rings. The second-order valence-corrected chi connectivity index (χ2v) is 6.74. The Morgan fingerprint density at radius 1 is 1.40 bits per heavy atom. The lowest BCUT2D eigenvalue weighted by Crippen LogP contribution is -2.42. The molecule has 7 nitrogen and oxygen atoms in total. The van der Waals surface area contributed by atoms with Crippen LogP contribution in [0.1, 0.15) is 35.9 Å². The van der Waals surface area contributed by atoms with Gasteiger partial charge in [-0.15, -0.1) is 36.2 Å². The molecule has 1 unspecified atom stereocenters. The first-order valence-corrected chi connectivity index (χ1v) is 8.51. The zero-order valence-electron chi connectivity index (χ0n) is 13.8. The number of carbonyl (C=O) groups excluding carboxylic acids is 1. The number of aryl methyl sites for hydroxylation is 1. The molecule has 1 fully saturated rings. The number of amides is 1. The predicted octanol–water partition coefficient (Wildman–Crippen LogP) is 2.84. The van der Waals surface area contributed by atoms with Gasteiger partial charge in [0.15, 0.2) is 5.13 Å². The van der Waals surface area contributed by atoms with Crippen LogP contribution in [0, 0.1) is 6.92 Å². The largest absolute Gasteiger partial charge is 0.333 e. The molecule has 1 atom stereocenters. The molecule has 1 aliphatic rings. The summed E-state index contributed by atoms with van der Waals surface area (Å²) >= 11 is 1.55. The van der Waals surface area contributed by atoms with Crippen LogP contribution >= 0.6 is 36.2 Å². The van der Waals surface area contributed by atoms with Gasteiger partial charge in [0.25, 0.3) is 0 Å². The molecule has 0 bridgehead atoms. The first-order valence-electron chi connectivity index (χ1n) is 7.69. The number of rotatable bonds is 4. The average Bonchev–Trinajstić information content (AvgIpc) is 2.99. The second-order valence-electron chi connectivity index (χ2n) is 5.51. The van der Waals surface area contributed by atoms with Crippen LogP contribution in [-0.2, 0) is 4.79 Å². The fourth-order valence-corrected chi connectivity index (χ4v) is 3.44. The lowest BCUT2D eigenvalue weighted by molar-refractivity contribution is -0.133. The van der Waals surface area contributed by atoms with Crippen molar-refractivity contribution in [2.75, 3.05) is 18.4 Å². The summed E-state index contributed by atoms with van der Waals surface area (Å²) in [5.74, 6) is 0.473. The van der Waals surface area contributed by atoms with E-state index in [2.05, 4.69) is 20.3 Å². The highest BCUT2D eigenvalue weighted by atomic mass is 35.5. The SMILES string of the molecule is Cc1cnc(Nc2nccc(C3CCCCN3C(=O)CN)n2)s1.Cl.Cl. The molecule has 1 saturated heterocycles. The van der Waals surface area contributed by atoms with Gasteiger partial charge in [-0.3, -0.25) is 4.79 Å². The lowest BCUT2D eigenvalue weighted by atomic mass is 9.99. The van der Waals surface area contributed by atoms with E-state index in [4.69, 9.17) is 5.73 Å². The van der Waals surface area contributed by atoms with E-state index in [0.29, 0.717) is 5.95 Å². The monoisotopic (exact) mass is 404 g/mol. The van der Waals surface area contributed by atoms with Gasteiger partial charge >= 0.3 is 0 Å². The third-order valence-electron chi connectivity index (χ3n) is 3.86. The van der Waals surface area contributed by atoms with Crippen LogP contribution in [0.25, 0.3) is 0 Å². The Morgan fingerprint density at radius 3 is 2.88 bits per heavy atom. The Bertz CT molecular complexity index is 698. The van der Waals surface area contributed by atoms with Crippen LogP contribution < -0.4 is 11.1 Å². The minimum atomic E-state index is -0.0293. The predicted molar refractivity (Wildman–Crippen MR) is 104 cm³/mol. The summed E-state index contributed by atoms with van der Waals surface area (Å²) in [6.07, 6.45) is 6.51. The number of thiazole rings is 1. The molecular formula is C15H22Cl2N6OS.